The Kier molecular flexibility index (Phi) is 4.18. The van der Waals surface area contributed by atoms with Crippen molar-refractivity contribution in [3.8, 4) is 5.75 Å². The van der Waals surface area contributed by atoms with Gasteiger partial charge >= 0.3 is 0 Å². The number of ether oxygens (including phenoxy) is 1. The van der Waals surface area contributed by atoms with E-state index in [1.165, 1.54) is 5.39 Å². The van der Waals surface area contributed by atoms with E-state index in [9.17, 15) is 4.79 Å². The predicted molar refractivity (Wildman–Crippen MR) is 98.6 cm³/mol. The number of hydrogen-bond donors (Lipinski definition) is 0. The van der Waals surface area contributed by atoms with Crippen LogP contribution in [-0.2, 0) is 11.3 Å². The maximum Gasteiger partial charge on any atom is 0.243 e. The lowest BCUT2D eigenvalue weighted by Crippen LogP contribution is -2.33. The Morgan fingerprint density at radius 3 is 2.92 bits per heavy atom. The maximum atomic E-state index is 13.0. The number of rotatable bonds is 4. The van der Waals surface area contributed by atoms with Gasteiger partial charge in [0, 0.05) is 18.3 Å². The van der Waals surface area contributed by atoms with Crippen molar-refractivity contribution >= 4 is 16.8 Å². The molecule has 1 amide bonds. The standard InChI is InChI=1S/C21H22N2O2/c1-25-18-8-4-7-17(14-18)20-10-5-12-23(20)21(24)15-22-13-11-16-6-2-3-9-19(16)22/h2-4,6-9,11,13-14,20H,5,10,12,15H2,1H3/t20-/m0/s1. The van der Waals surface area contributed by atoms with Crippen molar-refractivity contribution < 1.29 is 9.53 Å². The molecule has 2 heterocycles. The van der Waals surface area contributed by atoms with Gasteiger partial charge in [0.25, 0.3) is 0 Å². The van der Waals surface area contributed by atoms with Crippen LogP contribution in [-0.4, -0.2) is 29.0 Å². The van der Waals surface area contributed by atoms with Crippen LogP contribution in [0.5, 0.6) is 5.75 Å². The van der Waals surface area contributed by atoms with Gasteiger partial charge in [0.2, 0.25) is 5.91 Å². The molecule has 1 atom stereocenters. The summed E-state index contributed by atoms with van der Waals surface area (Å²) in [6.45, 7) is 1.20. The van der Waals surface area contributed by atoms with E-state index in [0.717, 1.165) is 36.2 Å². The number of carbonyl (C=O) groups excluding carboxylic acids is 1. The molecule has 0 spiro atoms. The number of nitrogens with zero attached hydrogens (tertiary/aromatic N) is 2. The molecule has 4 nitrogen and oxygen atoms in total. The fourth-order valence-corrected chi connectivity index (χ4v) is 3.78. The van der Waals surface area contributed by atoms with Crippen molar-refractivity contribution in [1.29, 1.82) is 0 Å². The van der Waals surface area contributed by atoms with Gasteiger partial charge < -0.3 is 14.2 Å². The molecule has 0 unspecified atom stereocenters. The van der Waals surface area contributed by atoms with E-state index in [2.05, 4.69) is 24.3 Å². The highest BCUT2D eigenvalue weighted by Gasteiger charge is 2.30. The van der Waals surface area contributed by atoms with Gasteiger partial charge in [-0.2, -0.15) is 0 Å². The summed E-state index contributed by atoms with van der Waals surface area (Å²) in [7, 11) is 1.67. The predicted octanol–water partition coefficient (Wildman–Crippen LogP) is 4.01. The number of para-hydroxylation sites is 1. The van der Waals surface area contributed by atoms with Crippen molar-refractivity contribution in [2.24, 2.45) is 0 Å². The number of aromatic nitrogens is 1. The number of likely N-dealkylation sites (tertiary alicyclic amines) is 1. The van der Waals surface area contributed by atoms with Crippen LogP contribution >= 0.6 is 0 Å². The van der Waals surface area contributed by atoms with Crippen LogP contribution < -0.4 is 4.74 Å². The number of hydrogen-bond acceptors (Lipinski definition) is 2. The lowest BCUT2D eigenvalue weighted by Gasteiger charge is -2.26. The van der Waals surface area contributed by atoms with Crippen molar-refractivity contribution in [3.63, 3.8) is 0 Å². The highest BCUT2D eigenvalue weighted by atomic mass is 16.5. The minimum Gasteiger partial charge on any atom is -0.497 e. The van der Waals surface area contributed by atoms with Gasteiger partial charge in [-0.05, 0) is 48.1 Å². The van der Waals surface area contributed by atoms with E-state index in [0.29, 0.717) is 6.54 Å². The average molecular weight is 334 g/mol. The molecule has 25 heavy (non-hydrogen) atoms. The first-order valence-electron chi connectivity index (χ1n) is 8.73. The summed E-state index contributed by atoms with van der Waals surface area (Å²) in [5.74, 6) is 1.01. The summed E-state index contributed by atoms with van der Waals surface area (Å²) in [4.78, 5) is 15.0. The molecule has 128 valence electrons. The number of amides is 1. The molecule has 1 aromatic heterocycles. The zero-order valence-corrected chi connectivity index (χ0v) is 14.4. The highest BCUT2D eigenvalue weighted by molar-refractivity contribution is 5.83. The summed E-state index contributed by atoms with van der Waals surface area (Å²) < 4.78 is 7.38. The molecule has 2 aromatic carbocycles. The summed E-state index contributed by atoms with van der Waals surface area (Å²) in [5, 5.41) is 1.17. The van der Waals surface area contributed by atoms with E-state index in [1.807, 2.05) is 46.0 Å². The zero-order valence-electron chi connectivity index (χ0n) is 14.4. The first kappa shape index (κ1) is 15.8. The first-order valence-corrected chi connectivity index (χ1v) is 8.73. The smallest absolute Gasteiger partial charge is 0.243 e. The second-order valence-corrected chi connectivity index (χ2v) is 6.52. The van der Waals surface area contributed by atoms with Gasteiger partial charge in [0.1, 0.15) is 12.3 Å². The molecule has 1 aliphatic heterocycles. The number of fused-ring (bicyclic) bond motifs is 1. The summed E-state index contributed by atoms with van der Waals surface area (Å²) >= 11 is 0. The van der Waals surface area contributed by atoms with Crippen LogP contribution in [0, 0.1) is 0 Å². The fourth-order valence-electron chi connectivity index (χ4n) is 3.78. The molecule has 1 fully saturated rings. The molecule has 0 radical (unpaired) electrons. The van der Waals surface area contributed by atoms with Gasteiger partial charge in [-0.3, -0.25) is 4.79 Å². The first-order chi connectivity index (χ1) is 12.3. The lowest BCUT2D eigenvalue weighted by molar-refractivity contribution is -0.132. The Bertz CT molecular complexity index is 900. The van der Waals surface area contributed by atoms with Crippen molar-refractivity contribution in [2.75, 3.05) is 13.7 Å². The molecule has 3 aromatic rings. The molecule has 1 saturated heterocycles. The molecular formula is C21H22N2O2. The zero-order chi connectivity index (χ0) is 17.2. The molecule has 0 aliphatic carbocycles. The van der Waals surface area contributed by atoms with E-state index < -0.39 is 0 Å². The number of benzene rings is 2. The minimum absolute atomic E-state index is 0.143. The molecule has 0 bridgehead atoms. The van der Waals surface area contributed by atoms with E-state index >= 15 is 0 Å². The highest BCUT2D eigenvalue weighted by Crippen LogP contribution is 2.33. The Hall–Kier alpha value is -2.75. The van der Waals surface area contributed by atoms with Crippen molar-refractivity contribution in [1.82, 2.24) is 9.47 Å². The normalized spacial score (nSPS) is 17.2. The largest absolute Gasteiger partial charge is 0.497 e. The lowest BCUT2D eigenvalue weighted by atomic mass is 10.0. The van der Waals surface area contributed by atoms with Crippen molar-refractivity contribution in [2.45, 2.75) is 25.4 Å². The summed E-state index contributed by atoms with van der Waals surface area (Å²) in [6.07, 6.45) is 4.05. The number of methoxy groups -OCH3 is 1. The molecular weight excluding hydrogens is 312 g/mol. The number of carbonyl (C=O) groups is 1. The third-order valence-corrected chi connectivity index (χ3v) is 5.04. The summed E-state index contributed by atoms with van der Waals surface area (Å²) in [5.41, 5.74) is 2.26. The SMILES string of the molecule is COc1cccc([C@@H]2CCCN2C(=O)Cn2ccc3ccccc32)c1. The van der Waals surface area contributed by atoms with Gasteiger partial charge in [-0.25, -0.2) is 0 Å². The quantitative estimate of drug-likeness (QED) is 0.722. The average Bonchev–Trinajstić information content (AvgIpc) is 3.29. The van der Waals surface area contributed by atoms with Crippen LogP contribution in [0.25, 0.3) is 10.9 Å². The summed E-state index contributed by atoms with van der Waals surface area (Å²) in [6, 6.07) is 18.4. The van der Waals surface area contributed by atoms with Gasteiger partial charge in [-0.15, -0.1) is 0 Å². The molecule has 4 rings (SSSR count). The fraction of sp³-hybridized carbons (Fsp3) is 0.286. The van der Waals surface area contributed by atoms with Crippen LogP contribution in [0.2, 0.25) is 0 Å². The van der Waals surface area contributed by atoms with Crippen LogP contribution in [0.3, 0.4) is 0 Å². The van der Waals surface area contributed by atoms with Crippen LogP contribution in [0.15, 0.2) is 60.8 Å². The Balaban J connectivity index is 1.56. The van der Waals surface area contributed by atoms with Crippen molar-refractivity contribution in [3.05, 3.63) is 66.4 Å². The van der Waals surface area contributed by atoms with E-state index in [1.54, 1.807) is 7.11 Å². The molecule has 1 aliphatic rings. The van der Waals surface area contributed by atoms with Crippen LogP contribution in [0.1, 0.15) is 24.4 Å². The van der Waals surface area contributed by atoms with E-state index in [4.69, 9.17) is 4.74 Å². The third kappa shape index (κ3) is 3.00. The Morgan fingerprint density at radius 2 is 2.04 bits per heavy atom. The monoisotopic (exact) mass is 334 g/mol. The second kappa shape index (κ2) is 6.63. The topological polar surface area (TPSA) is 34.5 Å². The maximum absolute atomic E-state index is 13.0. The molecule has 4 heteroatoms. The van der Waals surface area contributed by atoms with Gasteiger partial charge in [0.05, 0.1) is 13.2 Å². The van der Waals surface area contributed by atoms with Gasteiger partial charge in [-0.1, -0.05) is 30.3 Å². The Labute approximate surface area is 147 Å². The Morgan fingerprint density at radius 1 is 1.16 bits per heavy atom. The third-order valence-electron chi connectivity index (χ3n) is 5.04. The van der Waals surface area contributed by atoms with Crippen LogP contribution in [0.4, 0.5) is 0 Å². The van der Waals surface area contributed by atoms with E-state index in [-0.39, 0.29) is 11.9 Å². The second-order valence-electron chi connectivity index (χ2n) is 6.52. The molecule has 0 N–H and O–H groups in total. The minimum atomic E-state index is 0.143. The van der Waals surface area contributed by atoms with Gasteiger partial charge in [0.15, 0.2) is 0 Å². The molecule has 0 saturated carbocycles.